The van der Waals surface area contributed by atoms with Gasteiger partial charge in [0.1, 0.15) is 5.75 Å². The van der Waals surface area contributed by atoms with Crippen molar-refractivity contribution in [2.24, 2.45) is 0 Å². The van der Waals surface area contributed by atoms with Crippen molar-refractivity contribution < 1.29 is 14.1 Å². The molecule has 1 saturated heterocycles. The van der Waals surface area contributed by atoms with Crippen LogP contribution in [0.4, 0.5) is 0 Å². The number of benzene rings is 1. The third-order valence-corrected chi connectivity index (χ3v) is 5.54. The third-order valence-electron chi connectivity index (χ3n) is 5.54. The number of likely N-dealkylation sites (tertiary alicyclic amines) is 1. The van der Waals surface area contributed by atoms with Gasteiger partial charge in [-0.1, -0.05) is 23.4 Å². The molecule has 2 aromatic heterocycles. The van der Waals surface area contributed by atoms with Gasteiger partial charge in [0.2, 0.25) is 17.6 Å². The van der Waals surface area contributed by atoms with E-state index >= 15 is 0 Å². The van der Waals surface area contributed by atoms with Crippen LogP contribution in [0.1, 0.15) is 36.8 Å². The lowest BCUT2D eigenvalue weighted by Crippen LogP contribution is -2.37. The van der Waals surface area contributed by atoms with Crippen molar-refractivity contribution in [3.05, 3.63) is 60.2 Å². The molecule has 4 rings (SSSR count). The first-order valence-corrected chi connectivity index (χ1v) is 10.6. The normalized spacial score (nSPS) is 15.0. The zero-order chi connectivity index (χ0) is 21.5. The molecular weight excluding hydrogens is 394 g/mol. The smallest absolute Gasteiger partial charge is 0.227 e. The lowest BCUT2D eigenvalue weighted by molar-refractivity contribution is -0.121. The van der Waals surface area contributed by atoms with Gasteiger partial charge in [0.25, 0.3) is 0 Å². The predicted octanol–water partition coefficient (Wildman–Crippen LogP) is 3.03. The maximum absolute atomic E-state index is 12.5. The van der Waals surface area contributed by atoms with Crippen LogP contribution >= 0.6 is 0 Å². The van der Waals surface area contributed by atoms with Crippen molar-refractivity contribution >= 4 is 5.91 Å². The molecule has 1 amide bonds. The van der Waals surface area contributed by atoms with Gasteiger partial charge in [-0.15, -0.1) is 0 Å². The van der Waals surface area contributed by atoms with Crippen molar-refractivity contribution in [2.75, 3.05) is 26.7 Å². The number of aryl methyl sites for hydroxylation is 1. The second-order valence-electron chi connectivity index (χ2n) is 7.55. The fourth-order valence-electron chi connectivity index (χ4n) is 3.92. The molecule has 0 aliphatic carbocycles. The highest BCUT2D eigenvalue weighted by Gasteiger charge is 2.26. The van der Waals surface area contributed by atoms with Crippen molar-refractivity contribution in [3.8, 4) is 17.1 Å². The van der Waals surface area contributed by atoms with Crippen LogP contribution in [-0.2, 0) is 11.2 Å². The summed E-state index contributed by atoms with van der Waals surface area (Å²) in [4.78, 5) is 23.3. The van der Waals surface area contributed by atoms with Gasteiger partial charge in [0, 0.05) is 42.9 Å². The van der Waals surface area contributed by atoms with E-state index in [1.165, 1.54) is 12.8 Å². The molecule has 0 spiro atoms. The molecule has 1 unspecified atom stereocenters. The number of para-hydroxylation sites is 1. The molecule has 1 atom stereocenters. The monoisotopic (exact) mass is 421 g/mol. The van der Waals surface area contributed by atoms with Crippen LogP contribution < -0.4 is 10.1 Å². The average molecular weight is 422 g/mol. The van der Waals surface area contributed by atoms with Crippen molar-refractivity contribution in [1.82, 2.24) is 25.3 Å². The number of amides is 1. The van der Waals surface area contributed by atoms with Crippen LogP contribution in [0.2, 0.25) is 0 Å². The number of aromatic nitrogens is 3. The summed E-state index contributed by atoms with van der Waals surface area (Å²) in [6, 6.07) is 11.7. The van der Waals surface area contributed by atoms with Crippen LogP contribution in [-0.4, -0.2) is 52.7 Å². The molecule has 8 nitrogen and oxygen atoms in total. The highest BCUT2D eigenvalue weighted by Crippen LogP contribution is 2.31. The zero-order valence-corrected chi connectivity index (χ0v) is 17.7. The molecule has 3 aromatic rings. The van der Waals surface area contributed by atoms with Gasteiger partial charge in [-0.2, -0.15) is 4.98 Å². The summed E-state index contributed by atoms with van der Waals surface area (Å²) < 4.78 is 10.9. The van der Waals surface area contributed by atoms with Gasteiger partial charge in [-0.05, 0) is 44.1 Å². The topological polar surface area (TPSA) is 93.4 Å². The highest BCUT2D eigenvalue weighted by atomic mass is 16.5. The SMILES string of the molecule is COc1ccccc1C(CNC(=O)CCc1nc(-c2ccncc2)no1)N1CCCC1. The maximum atomic E-state index is 12.5. The van der Waals surface area contributed by atoms with E-state index in [1.807, 2.05) is 30.3 Å². The second-order valence-corrected chi connectivity index (χ2v) is 7.55. The number of carbonyl (C=O) groups is 1. The first kappa shape index (κ1) is 21.0. The van der Waals surface area contributed by atoms with E-state index < -0.39 is 0 Å². The molecule has 1 N–H and O–H groups in total. The van der Waals surface area contributed by atoms with Gasteiger partial charge >= 0.3 is 0 Å². The molecule has 0 saturated carbocycles. The Bertz CT molecular complexity index is 986. The number of nitrogens with zero attached hydrogens (tertiary/aromatic N) is 4. The average Bonchev–Trinajstić information content (AvgIpc) is 3.51. The highest BCUT2D eigenvalue weighted by molar-refractivity contribution is 5.76. The number of methoxy groups -OCH3 is 1. The van der Waals surface area contributed by atoms with Gasteiger partial charge in [0.15, 0.2) is 0 Å². The minimum atomic E-state index is -0.0391. The van der Waals surface area contributed by atoms with Crippen LogP contribution in [0.15, 0.2) is 53.3 Å². The molecule has 1 aromatic carbocycles. The van der Waals surface area contributed by atoms with E-state index in [2.05, 4.69) is 31.4 Å². The maximum Gasteiger partial charge on any atom is 0.227 e. The fourth-order valence-corrected chi connectivity index (χ4v) is 3.92. The Hall–Kier alpha value is -3.26. The summed E-state index contributed by atoms with van der Waals surface area (Å²) in [5, 5.41) is 7.07. The first-order valence-electron chi connectivity index (χ1n) is 10.6. The summed E-state index contributed by atoms with van der Waals surface area (Å²) >= 11 is 0. The quantitative estimate of drug-likeness (QED) is 0.568. The Labute approximate surface area is 181 Å². The molecule has 3 heterocycles. The van der Waals surface area contributed by atoms with Crippen LogP contribution in [0.3, 0.4) is 0 Å². The Balaban J connectivity index is 1.34. The molecular formula is C23H27N5O3. The molecule has 162 valence electrons. The van der Waals surface area contributed by atoms with E-state index in [0.29, 0.717) is 24.7 Å². The third kappa shape index (κ3) is 5.27. The minimum Gasteiger partial charge on any atom is -0.496 e. The molecule has 1 fully saturated rings. The molecule has 0 radical (unpaired) electrons. The first-order chi connectivity index (χ1) is 15.2. The van der Waals surface area contributed by atoms with E-state index in [1.54, 1.807) is 19.5 Å². The summed E-state index contributed by atoms with van der Waals surface area (Å²) in [5.41, 5.74) is 1.94. The summed E-state index contributed by atoms with van der Waals surface area (Å²) in [6.45, 7) is 2.59. The van der Waals surface area contributed by atoms with Crippen molar-refractivity contribution in [1.29, 1.82) is 0 Å². The van der Waals surface area contributed by atoms with Gasteiger partial charge in [-0.25, -0.2) is 0 Å². The summed E-state index contributed by atoms with van der Waals surface area (Å²) in [6.07, 6.45) is 6.39. The summed E-state index contributed by atoms with van der Waals surface area (Å²) in [7, 11) is 1.68. The number of rotatable bonds is 9. The number of pyridine rings is 1. The predicted molar refractivity (Wildman–Crippen MR) is 115 cm³/mol. The van der Waals surface area contributed by atoms with E-state index in [4.69, 9.17) is 9.26 Å². The standard InChI is InChI=1S/C23H27N5O3/c1-30-20-7-3-2-6-18(20)19(28-14-4-5-15-28)16-25-21(29)8-9-22-26-23(27-31-22)17-10-12-24-13-11-17/h2-3,6-7,10-13,19H,4-5,8-9,14-16H2,1H3,(H,25,29). The number of ether oxygens (including phenoxy) is 1. The van der Waals surface area contributed by atoms with Crippen molar-refractivity contribution in [3.63, 3.8) is 0 Å². The Morgan fingerprint density at radius 3 is 2.74 bits per heavy atom. The Kier molecular flexibility index (Phi) is 6.89. The lowest BCUT2D eigenvalue weighted by atomic mass is 10.0. The minimum absolute atomic E-state index is 0.0391. The van der Waals surface area contributed by atoms with Gasteiger partial charge in [-0.3, -0.25) is 14.7 Å². The van der Waals surface area contributed by atoms with Gasteiger partial charge in [0.05, 0.1) is 13.2 Å². The fraction of sp³-hybridized carbons (Fsp3) is 0.391. The Morgan fingerprint density at radius 2 is 1.97 bits per heavy atom. The second kappa shape index (κ2) is 10.2. The van der Waals surface area contributed by atoms with E-state index in [9.17, 15) is 4.79 Å². The molecule has 1 aliphatic heterocycles. The molecule has 8 heteroatoms. The number of nitrogens with one attached hydrogen (secondary N) is 1. The number of hydrogen-bond donors (Lipinski definition) is 1. The summed E-state index contributed by atoms with van der Waals surface area (Å²) in [5.74, 6) is 1.76. The Morgan fingerprint density at radius 1 is 1.19 bits per heavy atom. The molecule has 0 bridgehead atoms. The lowest BCUT2D eigenvalue weighted by Gasteiger charge is -2.29. The van der Waals surface area contributed by atoms with Crippen LogP contribution in [0.25, 0.3) is 11.4 Å². The van der Waals surface area contributed by atoms with Crippen molar-refractivity contribution in [2.45, 2.75) is 31.7 Å². The van der Waals surface area contributed by atoms with E-state index in [0.717, 1.165) is 30.0 Å². The number of hydrogen-bond acceptors (Lipinski definition) is 7. The molecule has 31 heavy (non-hydrogen) atoms. The largest absolute Gasteiger partial charge is 0.496 e. The van der Waals surface area contributed by atoms with Crippen LogP contribution in [0.5, 0.6) is 5.75 Å². The van der Waals surface area contributed by atoms with Crippen LogP contribution in [0, 0.1) is 0 Å². The van der Waals surface area contributed by atoms with Gasteiger partial charge < -0.3 is 14.6 Å². The zero-order valence-electron chi connectivity index (χ0n) is 17.7. The number of carbonyl (C=O) groups excluding carboxylic acids is 1. The van der Waals surface area contributed by atoms with E-state index in [-0.39, 0.29) is 18.4 Å². The molecule has 1 aliphatic rings.